The van der Waals surface area contributed by atoms with E-state index in [1.165, 1.54) is 25.7 Å². The van der Waals surface area contributed by atoms with Gasteiger partial charge in [0.2, 0.25) is 0 Å². The molecule has 0 aliphatic carbocycles. The van der Waals surface area contributed by atoms with Gasteiger partial charge >= 0.3 is 20.4 Å². The maximum absolute atomic E-state index is 9.92. The van der Waals surface area contributed by atoms with Gasteiger partial charge in [-0.15, -0.1) is 0 Å². The Hall–Kier alpha value is -0.398. The summed E-state index contributed by atoms with van der Waals surface area (Å²) in [4.78, 5) is 19.8. The van der Waals surface area contributed by atoms with Gasteiger partial charge in [0.1, 0.15) is 0 Å². The van der Waals surface area contributed by atoms with Crippen LogP contribution in [0.25, 0.3) is 0 Å². The molecule has 0 aromatic rings. The zero-order valence-corrected chi connectivity index (χ0v) is 15.0. The van der Waals surface area contributed by atoms with Crippen LogP contribution in [0.5, 0.6) is 0 Å². The molecule has 0 radical (unpaired) electrons. The first-order chi connectivity index (χ1) is 9.54. The Labute approximate surface area is 143 Å². The van der Waals surface area contributed by atoms with Gasteiger partial charge in [0, 0.05) is 11.9 Å². The molecule has 0 saturated heterocycles. The van der Waals surface area contributed by atoms with Gasteiger partial charge < -0.3 is 19.8 Å². The smallest absolute Gasteiger partial charge is 0.550 e. The summed E-state index contributed by atoms with van der Waals surface area (Å²) in [6.45, 7) is 4.28. The number of carbonyl (C=O) groups is 2. The molecule has 4 nitrogen and oxygen atoms in total. The molecule has 5 heteroatoms. The Bertz CT molecular complexity index is 208. The quantitative estimate of drug-likeness (QED) is 0.376. The third-order valence-electron chi connectivity index (χ3n) is 2.97. The molecule has 0 saturated carbocycles. The number of carboxylic acids is 2. The predicted molar refractivity (Wildman–Crippen MR) is 76.8 cm³/mol. The van der Waals surface area contributed by atoms with Crippen molar-refractivity contribution < 1.29 is 40.2 Å². The summed E-state index contributed by atoms with van der Waals surface area (Å²) < 4.78 is 0. The first kappa shape index (κ1) is 25.6. The summed E-state index contributed by atoms with van der Waals surface area (Å²) in [5.41, 5.74) is 0. The summed E-state index contributed by atoms with van der Waals surface area (Å²) in [6, 6.07) is 0. The van der Waals surface area contributed by atoms with E-state index in [0.29, 0.717) is 0 Å². The monoisotopic (exact) mass is 392 g/mol. The Morgan fingerprint density at radius 2 is 0.905 bits per heavy atom. The van der Waals surface area contributed by atoms with Crippen molar-refractivity contribution in [2.75, 3.05) is 0 Å². The molecule has 0 aliphatic heterocycles. The van der Waals surface area contributed by atoms with Crippen molar-refractivity contribution in [3.8, 4) is 0 Å². The average Bonchev–Trinajstić information content (AvgIpc) is 2.38. The number of carboxylic acid groups (broad SMARTS) is 2. The van der Waals surface area contributed by atoms with Crippen LogP contribution in [0.2, 0.25) is 0 Å². The molecule has 0 aromatic heterocycles. The van der Waals surface area contributed by atoms with Crippen molar-refractivity contribution in [1.82, 2.24) is 0 Å². The Morgan fingerprint density at radius 3 is 1.14 bits per heavy atom. The second-order valence-corrected chi connectivity index (χ2v) is 5.07. The predicted octanol–water partition coefficient (Wildman–Crippen LogP) is 2.19. The topological polar surface area (TPSA) is 80.3 Å². The van der Waals surface area contributed by atoms with Crippen molar-refractivity contribution in [2.24, 2.45) is 0 Å². The summed E-state index contributed by atoms with van der Waals surface area (Å²) in [6.07, 6.45) is 11.2. The number of hydrogen-bond acceptors (Lipinski definition) is 4. The zero-order valence-electron chi connectivity index (χ0n) is 13.4. The molecule has 0 heterocycles. The SMILES string of the molecule is CCCCCCCC(=O)[O-].CCCCCCCC(=O)[O-].[Pd+2]. The van der Waals surface area contributed by atoms with E-state index in [9.17, 15) is 19.8 Å². The molecule has 0 aliphatic rings. The van der Waals surface area contributed by atoms with Crippen LogP contribution in [0.4, 0.5) is 0 Å². The van der Waals surface area contributed by atoms with E-state index in [2.05, 4.69) is 13.8 Å². The molecule has 0 bridgehead atoms. The fourth-order valence-electron chi connectivity index (χ4n) is 1.75. The van der Waals surface area contributed by atoms with Gasteiger partial charge in [0.15, 0.2) is 0 Å². The fourth-order valence-corrected chi connectivity index (χ4v) is 1.75. The molecule has 0 atom stereocenters. The van der Waals surface area contributed by atoms with E-state index in [-0.39, 0.29) is 33.3 Å². The minimum Gasteiger partial charge on any atom is -0.550 e. The van der Waals surface area contributed by atoms with E-state index in [1.54, 1.807) is 0 Å². The number of rotatable bonds is 12. The first-order valence-electron chi connectivity index (χ1n) is 7.94. The summed E-state index contributed by atoms with van der Waals surface area (Å²) in [5.74, 6) is -1.84. The number of unbranched alkanes of at least 4 members (excludes halogenated alkanes) is 8. The maximum atomic E-state index is 9.92. The maximum Gasteiger partial charge on any atom is 2.00 e. The molecule has 21 heavy (non-hydrogen) atoms. The van der Waals surface area contributed by atoms with Gasteiger partial charge in [-0.05, 0) is 25.7 Å². The zero-order chi connectivity index (χ0) is 15.6. The van der Waals surface area contributed by atoms with Crippen LogP contribution < -0.4 is 10.2 Å². The molecule has 0 rings (SSSR count). The van der Waals surface area contributed by atoms with Crippen LogP contribution in [0.15, 0.2) is 0 Å². The Kier molecular flexibility index (Phi) is 26.6. The molecule has 0 amide bonds. The molecular formula is C16H30O4Pd. The van der Waals surface area contributed by atoms with Crippen molar-refractivity contribution in [2.45, 2.75) is 90.9 Å². The molecule has 128 valence electrons. The standard InChI is InChI=1S/2C8H16O2.Pd/c2*1-2-3-4-5-6-7-8(9)10;/h2*2-7H2,1H3,(H,9,10);/q;;+2/p-2. The summed E-state index contributed by atoms with van der Waals surface area (Å²) in [5, 5.41) is 19.8. The second-order valence-electron chi connectivity index (χ2n) is 5.07. The van der Waals surface area contributed by atoms with Gasteiger partial charge in [-0.2, -0.15) is 0 Å². The first-order valence-corrected chi connectivity index (χ1v) is 7.94. The molecule has 0 fully saturated rings. The van der Waals surface area contributed by atoms with Crippen molar-refractivity contribution >= 4 is 11.9 Å². The molecule has 0 spiro atoms. The Balaban J connectivity index is -0.000000295. The van der Waals surface area contributed by atoms with E-state index < -0.39 is 11.9 Å². The summed E-state index contributed by atoms with van der Waals surface area (Å²) >= 11 is 0. The van der Waals surface area contributed by atoms with Gasteiger partial charge in [0.05, 0.1) is 0 Å². The van der Waals surface area contributed by atoms with E-state index in [1.807, 2.05) is 0 Å². The van der Waals surface area contributed by atoms with Crippen molar-refractivity contribution in [3.05, 3.63) is 0 Å². The van der Waals surface area contributed by atoms with Crippen molar-refractivity contribution in [1.29, 1.82) is 0 Å². The molecule has 0 N–H and O–H groups in total. The van der Waals surface area contributed by atoms with E-state index in [4.69, 9.17) is 0 Å². The van der Waals surface area contributed by atoms with Crippen LogP contribution in [-0.2, 0) is 30.0 Å². The minimum absolute atomic E-state index is 0. The number of carbonyl (C=O) groups excluding carboxylic acids is 2. The molecule has 0 aromatic carbocycles. The number of hydrogen-bond donors (Lipinski definition) is 0. The minimum atomic E-state index is -0.920. The average molecular weight is 393 g/mol. The summed E-state index contributed by atoms with van der Waals surface area (Å²) in [7, 11) is 0. The van der Waals surface area contributed by atoms with Crippen LogP contribution >= 0.6 is 0 Å². The Morgan fingerprint density at radius 1 is 0.619 bits per heavy atom. The van der Waals surface area contributed by atoms with Crippen LogP contribution in [-0.4, -0.2) is 11.9 Å². The van der Waals surface area contributed by atoms with Crippen LogP contribution in [0.3, 0.4) is 0 Å². The second kappa shape index (κ2) is 21.9. The molecular weight excluding hydrogens is 363 g/mol. The third kappa shape index (κ3) is 32.8. The van der Waals surface area contributed by atoms with E-state index >= 15 is 0 Å². The van der Waals surface area contributed by atoms with Gasteiger partial charge in [-0.3, -0.25) is 0 Å². The van der Waals surface area contributed by atoms with Crippen LogP contribution in [0, 0.1) is 0 Å². The van der Waals surface area contributed by atoms with Gasteiger partial charge in [-0.1, -0.05) is 65.2 Å². The van der Waals surface area contributed by atoms with E-state index in [0.717, 1.165) is 38.5 Å². The third-order valence-corrected chi connectivity index (χ3v) is 2.97. The fraction of sp³-hybridized carbons (Fsp3) is 0.875. The van der Waals surface area contributed by atoms with Crippen molar-refractivity contribution in [3.63, 3.8) is 0 Å². The number of aliphatic carboxylic acids is 2. The molecule has 0 unspecified atom stereocenters. The van der Waals surface area contributed by atoms with Gasteiger partial charge in [-0.25, -0.2) is 0 Å². The normalized spacial score (nSPS) is 9.24. The van der Waals surface area contributed by atoms with Gasteiger partial charge in [0.25, 0.3) is 0 Å². The van der Waals surface area contributed by atoms with Crippen LogP contribution in [0.1, 0.15) is 90.9 Å². The largest absolute Gasteiger partial charge is 2.00 e.